The van der Waals surface area contributed by atoms with Gasteiger partial charge >= 0.3 is 0 Å². The second kappa shape index (κ2) is 5.32. The highest BCUT2D eigenvalue weighted by molar-refractivity contribution is 7.14. The van der Waals surface area contributed by atoms with E-state index in [2.05, 4.69) is 19.9 Å². The summed E-state index contributed by atoms with van der Waals surface area (Å²) in [4.78, 5) is 14.4. The Kier molecular flexibility index (Phi) is 4.50. The van der Waals surface area contributed by atoms with Gasteiger partial charge in [-0.3, -0.25) is 4.79 Å². The molecular weight excluding hydrogens is 230 g/mol. The molecule has 0 spiro atoms. The molecule has 0 unspecified atom stereocenters. The number of Topliss-reactive ketones (excluding diaryl/α,β-unsaturated/α-hetero) is 1. The van der Waals surface area contributed by atoms with E-state index in [1.54, 1.807) is 11.3 Å². The Bertz CT molecular complexity index is 399. The number of carbonyl (C=O) groups excluding carboxylic acids is 1. The molecule has 2 N–H and O–H groups in total. The van der Waals surface area contributed by atoms with Crippen LogP contribution in [0.4, 0.5) is 0 Å². The summed E-state index contributed by atoms with van der Waals surface area (Å²) in [6, 6.07) is 2.06. The molecule has 1 aromatic heterocycles. The molecule has 1 heterocycles. The normalized spacial score (nSPS) is 12.2. The highest BCUT2D eigenvalue weighted by atomic mass is 32.1. The van der Waals surface area contributed by atoms with Crippen LogP contribution in [-0.4, -0.2) is 12.3 Å². The van der Waals surface area contributed by atoms with Gasteiger partial charge in [0.15, 0.2) is 5.78 Å². The summed E-state index contributed by atoms with van der Waals surface area (Å²) < 4.78 is 0. The largest absolute Gasteiger partial charge is 0.330 e. The fourth-order valence-corrected chi connectivity index (χ4v) is 3.22. The molecule has 96 valence electrons. The molecule has 0 aliphatic rings. The number of thiophene rings is 1. The minimum Gasteiger partial charge on any atom is -0.330 e. The van der Waals surface area contributed by atoms with Gasteiger partial charge in [-0.2, -0.15) is 0 Å². The molecule has 2 nitrogen and oxygen atoms in total. The SMILES string of the molecule is CC(C)c1cc(C(=O)C(C)(C)C)sc1CCN. The van der Waals surface area contributed by atoms with Crippen molar-refractivity contribution in [3.05, 3.63) is 21.4 Å². The van der Waals surface area contributed by atoms with Gasteiger partial charge in [-0.1, -0.05) is 34.6 Å². The maximum absolute atomic E-state index is 12.2. The second-order valence-corrected chi connectivity index (χ2v) is 6.90. The van der Waals surface area contributed by atoms with E-state index in [0.717, 1.165) is 11.3 Å². The van der Waals surface area contributed by atoms with Gasteiger partial charge in [0, 0.05) is 10.3 Å². The first kappa shape index (κ1) is 14.4. The lowest BCUT2D eigenvalue weighted by atomic mass is 9.89. The summed E-state index contributed by atoms with van der Waals surface area (Å²) in [5.41, 5.74) is 6.60. The third-order valence-electron chi connectivity index (χ3n) is 2.74. The minimum atomic E-state index is -0.306. The number of carbonyl (C=O) groups is 1. The van der Waals surface area contributed by atoms with Gasteiger partial charge < -0.3 is 5.73 Å². The van der Waals surface area contributed by atoms with Gasteiger partial charge in [0.25, 0.3) is 0 Å². The highest BCUT2D eigenvalue weighted by Crippen LogP contribution is 2.32. The van der Waals surface area contributed by atoms with Crippen molar-refractivity contribution in [2.75, 3.05) is 6.54 Å². The van der Waals surface area contributed by atoms with Gasteiger partial charge in [0.1, 0.15) is 0 Å². The number of hydrogen-bond acceptors (Lipinski definition) is 3. The van der Waals surface area contributed by atoms with Gasteiger partial charge in [0.2, 0.25) is 0 Å². The van der Waals surface area contributed by atoms with E-state index < -0.39 is 0 Å². The molecule has 0 atom stereocenters. The first-order valence-corrected chi connectivity index (χ1v) is 6.96. The fraction of sp³-hybridized carbons (Fsp3) is 0.643. The number of nitrogens with two attached hydrogens (primary N) is 1. The van der Waals surface area contributed by atoms with E-state index in [4.69, 9.17) is 5.73 Å². The number of hydrogen-bond donors (Lipinski definition) is 1. The molecule has 0 saturated carbocycles. The molecule has 0 saturated heterocycles. The summed E-state index contributed by atoms with van der Waals surface area (Å²) in [6.07, 6.45) is 0.871. The molecule has 0 aliphatic carbocycles. The second-order valence-electron chi connectivity index (χ2n) is 5.76. The predicted octanol–water partition coefficient (Wildman–Crippen LogP) is 3.60. The van der Waals surface area contributed by atoms with Crippen LogP contribution < -0.4 is 5.73 Å². The van der Waals surface area contributed by atoms with Crippen molar-refractivity contribution in [2.24, 2.45) is 11.1 Å². The van der Waals surface area contributed by atoms with E-state index in [-0.39, 0.29) is 11.2 Å². The monoisotopic (exact) mass is 253 g/mol. The van der Waals surface area contributed by atoms with Crippen molar-refractivity contribution in [1.29, 1.82) is 0 Å². The van der Waals surface area contributed by atoms with Gasteiger partial charge in [-0.25, -0.2) is 0 Å². The Labute approximate surface area is 108 Å². The molecule has 1 rings (SSSR count). The smallest absolute Gasteiger partial charge is 0.178 e. The minimum absolute atomic E-state index is 0.229. The van der Waals surface area contributed by atoms with Crippen LogP contribution in [0.1, 0.15) is 60.6 Å². The van der Waals surface area contributed by atoms with Gasteiger partial charge in [-0.05, 0) is 30.5 Å². The van der Waals surface area contributed by atoms with E-state index in [9.17, 15) is 4.79 Å². The Hall–Kier alpha value is -0.670. The molecule has 0 radical (unpaired) electrons. The first-order valence-electron chi connectivity index (χ1n) is 6.14. The van der Waals surface area contributed by atoms with Crippen LogP contribution in [0.2, 0.25) is 0 Å². The van der Waals surface area contributed by atoms with Crippen LogP contribution in [0, 0.1) is 5.41 Å². The molecule has 0 aromatic carbocycles. The fourth-order valence-electron chi connectivity index (χ4n) is 1.74. The maximum atomic E-state index is 12.2. The Morgan fingerprint density at radius 1 is 1.41 bits per heavy atom. The molecular formula is C14H23NOS. The molecule has 0 aliphatic heterocycles. The quantitative estimate of drug-likeness (QED) is 0.833. The van der Waals surface area contributed by atoms with Crippen LogP contribution in [0.15, 0.2) is 6.07 Å². The first-order chi connectivity index (χ1) is 7.77. The van der Waals surface area contributed by atoms with Crippen LogP contribution in [0.25, 0.3) is 0 Å². The molecule has 17 heavy (non-hydrogen) atoms. The standard InChI is InChI=1S/C14H23NOS/c1-9(2)10-8-12(13(16)14(3,4)5)17-11(10)6-7-15/h8-9H,6-7,15H2,1-5H3. The van der Waals surface area contributed by atoms with Crippen molar-refractivity contribution >= 4 is 17.1 Å². The van der Waals surface area contributed by atoms with E-state index in [0.29, 0.717) is 12.5 Å². The molecule has 1 aromatic rings. The third-order valence-corrected chi connectivity index (χ3v) is 3.95. The van der Waals surface area contributed by atoms with E-state index in [1.807, 2.05) is 20.8 Å². The van der Waals surface area contributed by atoms with Crippen LogP contribution in [0.3, 0.4) is 0 Å². The summed E-state index contributed by atoms with van der Waals surface area (Å²) in [5, 5.41) is 0. The molecule has 0 amide bonds. The van der Waals surface area contributed by atoms with Gasteiger partial charge in [-0.15, -0.1) is 11.3 Å². The molecule has 3 heteroatoms. The van der Waals surface area contributed by atoms with Crippen LogP contribution in [-0.2, 0) is 6.42 Å². The third kappa shape index (κ3) is 3.39. The van der Waals surface area contributed by atoms with Crippen molar-refractivity contribution < 1.29 is 4.79 Å². The average molecular weight is 253 g/mol. The van der Waals surface area contributed by atoms with Crippen molar-refractivity contribution in [1.82, 2.24) is 0 Å². The maximum Gasteiger partial charge on any atom is 0.178 e. The lowest BCUT2D eigenvalue weighted by molar-refractivity contribution is 0.0862. The van der Waals surface area contributed by atoms with Crippen molar-refractivity contribution in [3.63, 3.8) is 0 Å². The number of rotatable bonds is 4. The Morgan fingerprint density at radius 2 is 2.00 bits per heavy atom. The van der Waals surface area contributed by atoms with E-state index >= 15 is 0 Å². The summed E-state index contributed by atoms with van der Waals surface area (Å²) in [6.45, 7) is 10.9. The zero-order valence-electron chi connectivity index (χ0n) is 11.5. The lowest BCUT2D eigenvalue weighted by Gasteiger charge is -2.14. The van der Waals surface area contributed by atoms with Gasteiger partial charge in [0.05, 0.1) is 4.88 Å². The van der Waals surface area contributed by atoms with Crippen LogP contribution >= 0.6 is 11.3 Å². The topological polar surface area (TPSA) is 43.1 Å². The highest BCUT2D eigenvalue weighted by Gasteiger charge is 2.26. The van der Waals surface area contributed by atoms with Crippen molar-refractivity contribution in [2.45, 2.75) is 47.0 Å². The summed E-state index contributed by atoms with van der Waals surface area (Å²) in [5.74, 6) is 0.682. The number of ketones is 1. The zero-order valence-corrected chi connectivity index (χ0v) is 12.3. The summed E-state index contributed by atoms with van der Waals surface area (Å²) in [7, 11) is 0. The van der Waals surface area contributed by atoms with E-state index in [1.165, 1.54) is 10.4 Å². The molecule has 0 bridgehead atoms. The van der Waals surface area contributed by atoms with Crippen molar-refractivity contribution in [3.8, 4) is 0 Å². The average Bonchev–Trinajstić information content (AvgIpc) is 2.60. The molecule has 0 fully saturated rings. The summed E-state index contributed by atoms with van der Waals surface area (Å²) >= 11 is 1.62. The Morgan fingerprint density at radius 3 is 2.41 bits per heavy atom. The Balaban J connectivity index is 3.12. The zero-order chi connectivity index (χ0) is 13.2. The predicted molar refractivity (Wildman–Crippen MR) is 75.0 cm³/mol. The van der Waals surface area contributed by atoms with Crippen LogP contribution in [0.5, 0.6) is 0 Å². The lowest BCUT2D eigenvalue weighted by Crippen LogP contribution is -2.18.